The fourth-order valence-electron chi connectivity index (χ4n) is 2.40. The summed E-state index contributed by atoms with van der Waals surface area (Å²) in [5.41, 5.74) is 2.07. The van der Waals surface area contributed by atoms with Gasteiger partial charge in [0.05, 0.1) is 6.61 Å². The van der Waals surface area contributed by atoms with Gasteiger partial charge in [-0.25, -0.2) is 0 Å². The molecule has 1 fully saturated rings. The Morgan fingerprint density at radius 3 is 3.00 bits per heavy atom. The zero-order valence-corrected chi connectivity index (χ0v) is 10.4. The molecule has 0 radical (unpaired) electrons. The standard InChI is InChI=1S/C13H18ClNO/c1-10-3-2-6-15(8-10)13-5-4-12(14)7-11(13)9-16/h4-5,7,10,16H,2-3,6,8-9H2,1H3. The van der Waals surface area contributed by atoms with Crippen LogP contribution >= 0.6 is 11.6 Å². The molecule has 88 valence electrons. The van der Waals surface area contributed by atoms with Crippen molar-refractivity contribution in [3.8, 4) is 0 Å². The summed E-state index contributed by atoms with van der Waals surface area (Å²) >= 11 is 5.93. The van der Waals surface area contributed by atoms with Gasteiger partial charge in [-0.3, -0.25) is 0 Å². The third kappa shape index (κ3) is 2.50. The summed E-state index contributed by atoms with van der Waals surface area (Å²) in [5, 5.41) is 10.0. The van der Waals surface area contributed by atoms with Crippen molar-refractivity contribution in [2.75, 3.05) is 18.0 Å². The van der Waals surface area contributed by atoms with Crippen molar-refractivity contribution in [1.29, 1.82) is 0 Å². The Bertz CT molecular complexity index is 367. The first-order chi connectivity index (χ1) is 7.70. The topological polar surface area (TPSA) is 23.5 Å². The van der Waals surface area contributed by atoms with Crippen LogP contribution in [0, 0.1) is 5.92 Å². The van der Waals surface area contributed by atoms with Crippen molar-refractivity contribution in [2.45, 2.75) is 26.4 Å². The first-order valence-electron chi connectivity index (χ1n) is 5.85. The summed E-state index contributed by atoms with van der Waals surface area (Å²) in [7, 11) is 0. The summed E-state index contributed by atoms with van der Waals surface area (Å²) in [6, 6.07) is 5.78. The molecule has 2 rings (SSSR count). The van der Waals surface area contributed by atoms with E-state index < -0.39 is 0 Å². The van der Waals surface area contributed by atoms with Crippen molar-refractivity contribution < 1.29 is 5.11 Å². The van der Waals surface area contributed by atoms with Gasteiger partial charge in [0, 0.05) is 29.4 Å². The molecule has 3 heteroatoms. The zero-order valence-electron chi connectivity index (χ0n) is 9.62. The fourth-order valence-corrected chi connectivity index (χ4v) is 2.59. The van der Waals surface area contributed by atoms with Crippen LogP contribution in [0.4, 0.5) is 5.69 Å². The Hall–Kier alpha value is -0.730. The van der Waals surface area contributed by atoms with E-state index in [9.17, 15) is 5.11 Å². The predicted molar refractivity (Wildman–Crippen MR) is 68.0 cm³/mol. The number of piperidine rings is 1. The van der Waals surface area contributed by atoms with Gasteiger partial charge in [0.1, 0.15) is 0 Å². The third-order valence-corrected chi connectivity index (χ3v) is 3.44. The molecule has 0 amide bonds. The minimum Gasteiger partial charge on any atom is -0.392 e. The molecule has 1 unspecified atom stereocenters. The molecule has 1 saturated heterocycles. The molecule has 0 spiro atoms. The molecule has 1 heterocycles. The van der Waals surface area contributed by atoms with E-state index in [-0.39, 0.29) is 6.61 Å². The van der Waals surface area contributed by atoms with Crippen molar-refractivity contribution >= 4 is 17.3 Å². The van der Waals surface area contributed by atoms with Crippen molar-refractivity contribution in [2.24, 2.45) is 5.92 Å². The number of hydrogen-bond donors (Lipinski definition) is 1. The van der Waals surface area contributed by atoms with Crippen molar-refractivity contribution in [1.82, 2.24) is 0 Å². The number of nitrogens with zero attached hydrogens (tertiary/aromatic N) is 1. The Balaban J connectivity index is 2.24. The maximum absolute atomic E-state index is 9.35. The lowest BCUT2D eigenvalue weighted by Gasteiger charge is -2.34. The minimum atomic E-state index is 0.0563. The van der Waals surface area contributed by atoms with Crippen LogP contribution in [-0.4, -0.2) is 18.2 Å². The second-order valence-corrected chi connectivity index (χ2v) is 5.06. The molecule has 1 aliphatic heterocycles. The lowest BCUT2D eigenvalue weighted by Crippen LogP contribution is -2.34. The van der Waals surface area contributed by atoms with Gasteiger partial charge >= 0.3 is 0 Å². The van der Waals surface area contributed by atoms with Crippen molar-refractivity contribution in [3.05, 3.63) is 28.8 Å². The van der Waals surface area contributed by atoms with E-state index in [0.29, 0.717) is 5.02 Å². The van der Waals surface area contributed by atoms with Crippen LogP contribution in [0.1, 0.15) is 25.3 Å². The van der Waals surface area contributed by atoms with Gasteiger partial charge in [0.2, 0.25) is 0 Å². The van der Waals surface area contributed by atoms with Crippen LogP contribution in [0.5, 0.6) is 0 Å². The van der Waals surface area contributed by atoms with Gasteiger partial charge in [0.25, 0.3) is 0 Å². The molecule has 1 atom stereocenters. The molecule has 0 aliphatic carbocycles. The minimum absolute atomic E-state index is 0.0563. The van der Waals surface area contributed by atoms with Gasteiger partial charge in [-0.1, -0.05) is 18.5 Å². The maximum atomic E-state index is 9.35. The Morgan fingerprint density at radius 2 is 2.31 bits per heavy atom. The quantitative estimate of drug-likeness (QED) is 0.858. The van der Waals surface area contributed by atoms with Gasteiger partial charge in [-0.05, 0) is 37.0 Å². The molecule has 0 bridgehead atoms. The SMILES string of the molecule is CC1CCCN(c2ccc(Cl)cc2CO)C1. The average molecular weight is 240 g/mol. The molecular formula is C13H18ClNO. The monoisotopic (exact) mass is 239 g/mol. The molecule has 1 aromatic carbocycles. The molecule has 1 aromatic rings. The smallest absolute Gasteiger partial charge is 0.0702 e. The lowest BCUT2D eigenvalue weighted by atomic mass is 9.99. The maximum Gasteiger partial charge on any atom is 0.0702 e. The average Bonchev–Trinajstić information content (AvgIpc) is 2.28. The second kappa shape index (κ2) is 5.07. The van der Waals surface area contributed by atoms with Crippen molar-refractivity contribution in [3.63, 3.8) is 0 Å². The number of benzene rings is 1. The fraction of sp³-hybridized carbons (Fsp3) is 0.538. The highest BCUT2D eigenvalue weighted by Gasteiger charge is 2.18. The van der Waals surface area contributed by atoms with E-state index >= 15 is 0 Å². The summed E-state index contributed by atoms with van der Waals surface area (Å²) in [4.78, 5) is 2.36. The van der Waals surface area contributed by atoms with E-state index in [2.05, 4.69) is 11.8 Å². The summed E-state index contributed by atoms with van der Waals surface area (Å²) in [6.07, 6.45) is 2.53. The normalized spacial score (nSPS) is 21.2. The summed E-state index contributed by atoms with van der Waals surface area (Å²) in [5.74, 6) is 0.732. The zero-order chi connectivity index (χ0) is 11.5. The Labute approximate surface area is 102 Å². The molecule has 2 nitrogen and oxygen atoms in total. The lowest BCUT2D eigenvalue weighted by molar-refractivity contribution is 0.281. The molecule has 1 N–H and O–H groups in total. The Morgan fingerprint density at radius 1 is 1.50 bits per heavy atom. The van der Waals surface area contributed by atoms with E-state index in [1.165, 1.54) is 12.8 Å². The molecule has 0 saturated carbocycles. The number of rotatable bonds is 2. The predicted octanol–water partition coefficient (Wildman–Crippen LogP) is 3.07. The van der Waals surface area contributed by atoms with Gasteiger partial charge < -0.3 is 10.0 Å². The van der Waals surface area contributed by atoms with Crippen LogP contribution in [0.2, 0.25) is 5.02 Å². The van der Waals surface area contributed by atoms with Gasteiger partial charge in [-0.15, -0.1) is 0 Å². The third-order valence-electron chi connectivity index (χ3n) is 3.21. The summed E-state index contributed by atoms with van der Waals surface area (Å²) < 4.78 is 0. The highest BCUT2D eigenvalue weighted by molar-refractivity contribution is 6.30. The molecule has 0 aromatic heterocycles. The molecule has 1 aliphatic rings. The van der Waals surface area contributed by atoms with Crippen LogP contribution in [0.25, 0.3) is 0 Å². The second-order valence-electron chi connectivity index (χ2n) is 4.62. The number of hydrogen-bond acceptors (Lipinski definition) is 2. The molecular weight excluding hydrogens is 222 g/mol. The number of aliphatic hydroxyl groups is 1. The van der Waals surface area contributed by atoms with Crippen LogP contribution < -0.4 is 4.90 Å². The largest absolute Gasteiger partial charge is 0.392 e. The first kappa shape index (κ1) is 11.7. The van der Waals surface area contributed by atoms with Crippen LogP contribution in [0.15, 0.2) is 18.2 Å². The van der Waals surface area contributed by atoms with Gasteiger partial charge in [0.15, 0.2) is 0 Å². The van der Waals surface area contributed by atoms with Crippen LogP contribution in [-0.2, 0) is 6.61 Å². The number of halogens is 1. The first-order valence-corrected chi connectivity index (χ1v) is 6.22. The highest BCUT2D eigenvalue weighted by Crippen LogP contribution is 2.28. The van der Waals surface area contributed by atoms with E-state index in [0.717, 1.165) is 30.3 Å². The van der Waals surface area contributed by atoms with E-state index in [1.54, 1.807) is 0 Å². The van der Waals surface area contributed by atoms with Crippen LogP contribution in [0.3, 0.4) is 0 Å². The van der Waals surface area contributed by atoms with E-state index in [1.807, 2.05) is 18.2 Å². The van der Waals surface area contributed by atoms with Gasteiger partial charge in [-0.2, -0.15) is 0 Å². The number of aliphatic hydroxyl groups excluding tert-OH is 1. The summed E-state index contributed by atoms with van der Waals surface area (Å²) in [6.45, 7) is 4.50. The Kier molecular flexibility index (Phi) is 3.72. The van der Waals surface area contributed by atoms with E-state index in [4.69, 9.17) is 11.6 Å². The highest BCUT2D eigenvalue weighted by atomic mass is 35.5. The molecule has 16 heavy (non-hydrogen) atoms. The number of anilines is 1.